The molecule has 1 aromatic rings. The third-order valence-corrected chi connectivity index (χ3v) is 3.81. The number of morpholine rings is 1. The van der Waals surface area contributed by atoms with Gasteiger partial charge in [0.2, 0.25) is 0 Å². The van der Waals surface area contributed by atoms with Crippen LogP contribution >= 0.6 is 0 Å². The van der Waals surface area contributed by atoms with Crippen molar-refractivity contribution in [1.29, 1.82) is 0 Å². The van der Waals surface area contributed by atoms with Gasteiger partial charge in [-0.05, 0) is 12.1 Å². The van der Waals surface area contributed by atoms with E-state index in [-0.39, 0.29) is 10.9 Å². The summed E-state index contributed by atoms with van der Waals surface area (Å²) in [5.74, 6) is -0.518. The molecule has 0 radical (unpaired) electrons. The lowest BCUT2D eigenvalue weighted by molar-refractivity contribution is 0.0757. The van der Waals surface area contributed by atoms with Crippen LogP contribution in [0.1, 0.15) is 11.6 Å². The standard InChI is InChI=1S/C11H14FNO3S/c1-17(14,15)8-2-3-9(10(12)6-8)11-7-16-5-4-13-11/h2-3,6,11,13H,4-5,7H2,1H3. The highest BCUT2D eigenvalue weighted by Gasteiger charge is 2.20. The van der Waals surface area contributed by atoms with E-state index >= 15 is 0 Å². The van der Waals surface area contributed by atoms with Gasteiger partial charge in [-0.25, -0.2) is 12.8 Å². The van der Waals surface area contributed by atoms with Crippen LogP contribution in [-0.4, -0.2) is 34.4 Å². The Labute approximate surface area is 99.7 Å². The Morgan fingerprint density at radius 2 is 2.24 bits per heavy atom. The molecule has 94 valence electrons. The first kappa shape index (κ1) is 12.5. The fraction of sp³-hybridized carbons (Fsp3) is 0.455. The summed E-state index contributed by atoms with van der Waals surface area (Å²) in [6.07, 6.45) is 1.06. The molecule has 1 N–H and O–H groups in total. The molecule has 1 heterocycles. The summed E-state index contributed by atoms with van der Waals surface area (Å²) in [5, 5.41) is 3.12. The number of halogens is 1. The topological polar surface area (TPSA) is 55.4 Å². The van der Waals surface area contributed by atoms with Crippen molar-refractivity contribution in [3.8, 4) is 0 Å². The Bertz CT molecular complexity index is 509. The Hall–Kier alpha value is -0.980. The minimum absolute atomic E-state index is 0.00419. The molecule has 0 aliphatic carbocycles. The molecule has 0 saturated carbocycles. The smallest absolute Gasteiger partial charge is 0.175 e. The van der Waals surface area contributed by atoms with E-state index in [2.05, 4.69) is 5.32 Å². The van der Waals surface area contributed by atoms with Gasteiger partial charge in [0.1, 0.15) is 5.82 Å². The van der Waals surface area contributed by atoms with E-state index in [1.807, 2.05) is 0 Å². The van der Waals surface area contributed by atoms with Crippen LogP contribution in [0.2, 0.25) is 0 Å². The van der Waals surface area contributed by atoms with Gasteiger partial charge in [-0.15, -0.1) is 0 Å². The number of hydrogen-bond acceptors (Lipinski definition) is 4. The van der Waals surface area contributed by atoms with Crippen molar-refractivity contribution in [3.05, 3.63) is 29.6 Å². The van der Waals surface area contributed by atoms with Crippen LogP contribution in [0.5, 0.6) is 0 Å². The van der Waals surface area contributed by atoms with Crippen molar-refractivity contribution >= 4 is 9.84 Å². The molecular formula is C11H14FNO3S. The fourth-order valence-electron chi connectivity index (χ4n) is 1.79. The average Bonchev–Trinajstić information content (AvgIpc) is 2.29. The summed E-state index contributed by atoms with van der Waals surface area (Å²) in [4.78, 5) is -0.00419. The maximum absolute atomic E-state index is 13.8. The minimum Gasteiger partial charge on any atom is -0.378 e. The second-order valence-corrected chi connectivity index (χ2v) is 6.05. The summed E-state index contributed by atoms with van der Waals surface area (Å²) < 4.78 is 41.6. The Morgan fingerprint density at radius 3 is 2.76 bits per heavy atom. The molecule has 1 saturated heterocycles. The van der Waals surface area contributed by atoms with E-state index in [0.29, 0.717) is 25.3 Å². The quantitative estimate of drug-likeness (QED) is 0.857. The second-order valence-electron chi connectivity index (χ2n) is 4.04. The molecule has 0 spiro atoms. The molecule has 0 amide bonds. The molecule has 4 nitrogen and oxygen atoms in total. The van der Waals surface area contributed by atoms with E-state index in [9.17, 15) is 12.8 Å². The molecule has 1 aliphatic heterocycles. The van der Waals surface area contributed by atoms with Gasteiger partial charge in [0.05, 0.1) is 24.2 Å². The van der Waals surface area contributed by atoms with Crippen LogP contribution in [0.15, 0.2) is 23.1 Å². The summed E-state index contributed by atoms with van der Waals surface area (Å²) in [6, 6.07) is 3.76. The average molecular weight is 259 g/mol. The van der Waals surface area contributed by atoms with Gasteiger partial charge in [0.25, 0.3) is 0 Å². The van der Waals surface area contributed by atoms with Gasteiger partial charge >= 0.3 is 0 Å². The number of hydrogen-bond donors (Lipinski definition) is 1. The summed E-state index contributed by atoms with van der Waals surface area (Å²) >= 11 is 0. The van der Waals surface area contributed by atoms with Crippen LogP contribution in [-0.2, 0) is 14.6 Å². The van der Waals surface area contributed by atoms with Gasteiger partial charge in [-0.1, -0.05) is 6.07 Å². The number of sulfone groups is 1. The zero-order valence-electron chi connectivity index (χ0n) is 9.44. The van der Waals surface area contributed by atoms with Gasteiger partial charge in [-0.2, -0.15) is 0 Å². The van der Waals surface area contributed by atoms with Crippen molar-refractivity contribution in [3.63, 3.8) is 0 Å². The second kappa shape index (κ2) is 4.72. The lowest BCUT2D eigenvalue weighted by Crippen LogP contribution is -2.35. The van der Waals surface area contributed by atoms with E-state index in [4.69, 9.17) is 4.74 Å². The third-order valence-electron chi connectivity index (χ3n) is 2.70. The van der Waals surface area contributed by atoms with Crippen molar-refractivity contribution in [2.45, 2.75) is 10.9 Å². The molecule has 0 aromatic heterocycles. The summed E-state index contributed by atoms with van der Waals surface area (Å²) in [5.41, 5.74) is 0.442. The van der Waals surface area contributed by atoms with E-state index in [1.165, 1.54) is 12.1 Å². The molecule has 1 unspecified atom stereocenters. The van der Waals surface area contributed by atoms with Crippen LogP contribution in [0.4, 0.5) is 4.39 Å². The Kier molecular flexibility index (Phi) is 3.46. The monoisotopic (exact) mass is 259 g/mol. The van der Waals surface area contributed by atoms with Gasteiger partial charge in [0, 0.05) is 18.4 Å². The minimum atomic E-state index is -3.36. The number of ether oxygens (including phenoxy) is 1. The number of benzene rings is 1. The Balaban J connectivity index is 2.31. The fourth-order valence-corrected chi connectivity index (χ4v) is 2.42. The van der Waals surface area contributed by atoms with E-state index < -0.39 is 15.7 Å². The van der Waals surface area contributed by atoms with Gasteiger partial charge < -0.3 is 10.1 Å². The highest BCUT2D eigenvalue weighted by atomic mass is 32.2. The first-order chi connectivity index (χ1) is 7.98. The molecule has 1 aromatic carbocycles. The van der Waals surface area contributed by atoms with Crippen molar-refractivity contribution in [2.75, 3.05) is 26.0 Å². The third kappa shape index (κ3) is 2.83. The van der Waals surface area contributed by atoms with Crippen LogP contribution in [0.25, 0.3) is 0 Å². The van der Waals surface area contributed by atoms with Crippen molar-refractivity contribution in [1.82, 2.24) is 5.32 Å². The molecular weight excluding hydrogens is 245 g/mol. The van der Waals surface area contributed by atoms with Crippen LogP contribution in [0, 0.1) is 5.82 Å². The maximum Gasteiger partial charge on any atom is 0.175 e. The lowest BCUT2D eigenvalue weighted by Gasteiger charge is -2.24. The predicted octanol–water partition coefficient (Wildman–Crippen LogP) is 0.890. The van der Waals surface area contributed by atoms with Crippen molar-refractivity contribution in [2.24, 2.45) is 0 Å². The largest absolute Gasteiger partial charge is 0.378 e. The van der Waals surface area contributed by atoms with Gasteiger partial charge in [-0.3, -0.25) is 0 Å². The molecule has 1 aliphatic rings. The van der Waals surface area contributed by atoms with E-state index in [1.54, 1.807) is 0 Å². The zero-order chi connectivity index (χ0) is 12.5. The zero-order valence-corrected chi connectivity index (χ0v) is 10.3. The maximum atomic E-state index is 13.8. The van der Waals surface area contributed by atoms with Crippen LogP contribution < -0.4 is 5.32 Å². The first-order valence-electron chi connectivity index (χ1n) is 5.29. The SMILES string of the molecule is CS(=O)(=O)c1ccc(C2COCCN2)c(F)c1. The molecule has 1 fully saturated rings. The van der Waals surface area contributed by atoms with Crippen LogP contribution in [0.3, 0.4) is 0 Å². The predicted molar refractivity (Wildman–Crippen MR) is 61.1 cm³/mol. The highest BCUT2D eigenvalue weighted by molar-refractivity contribution is 7.90. The highest BCUT2D eigenvalue weighted by Crippen LogP contribution is 2.22. The number of rotatable bonds is 2. The summed E-state index contributed by atoms with van der Waals surface area (Å²) in [7, 11) is -3.36. The molecule has 0 bridgehead atoms. The first-order valence-corrected chi connectivity index (χ1v) is 7.18. The van der Waals surface area contributed by atoms with E-state index in [0.717, 1.165) is 12.3 Å². The van der Waals surface area contributed by atoms with Gasteiger partial charge in [0.15, 0.2) is 9.84 Å². The molecule has 2 rings (SSSR count). The summed E-state index contributed by atoms with van der Waals surface area (Å²) in [6.45, 7) is 1.67. The molecule has 17 heavy (non-hydrogen) atoms. The Morgan fingerprint density at radius 1 is 1.47 bits per heavy atom. The molecule has 1 atom stereocenters. The number of nitrogens with one attached hydrogen (secondary N) is 1. The van der Waals surface area contributed by atoms with Crippen molar-refractivity contribution < 1.29 is 17.5 Å². The molecule has 6 heteroatoms. The normalized spacial score (nSPS) is 21.4. The lowest BCUT2D eigenvalue weighted by atomic mass is 10.1.